The van der Waals surface area contributed by atoms with E-state index in [9.17, 15) is 8.78 Å². The second-order valence-electron chi connectivity index (χ2n) is 3.21. The van der Waals surface area contributed by atoms with Crippen LogP contribution in [0.4, 0.5) is 14.5 Å². The zero-order valence-electron chi connectivity index (χ0n) is 8.48. The average Bonchev–Trinajstić information content (AvgIpc) is 2.60. The minimum Gasteiger partial charge on any atom is -0.377 e. The van der Waals surface area contributed by atoms with Crippen LogP contribution in [0, 0.1) is 11.6 Å². The van der Waals surface area contributed by atoms with E-state index < -0.39 is 11.6 Å². The molecule has 1 N–H and O–H groups in total. The Morgan fingerprint density at radius 1 is 1.25 bits per heavy atom. The molecule has 0 saturated heterocycles. The average molecular weight is 225 g/mol. The normalized spacial score (nSPS) is 10.4. The van der Waals surface area contributed by atoms with Crippen molar-refractivity contribution in [3.63, 3.8) is 0 Å². The van der Waals surface area contributed by atoms with Crippen LogP contribution in [0.3, 0.4) is 0 Å². The fourth-order valence-electron chi connectivity index (χ4n) is 1.23. The van der Waals surface area contributed by atoms with Crippen molar-refractivity contribution in [3.8, 4) is 0 Å². The zero-order valence-corrected chi connectivity index (χ0v) is 8.48. The van der Waals surface area contributed by atoms with Gasteiger partial charge in [0.2, 0.25) is 0 Å². The van der Waals surface area contributed by atoms with E-state index in [1.165, 1.54) is 16.9 Å². The summed E-state index contributed by atoms with van der Waals surface area (Å²) < 4.78 is 25.7. The molecule has 0 spiro atoms. The monoisotopic (exact) mass is 225 g/mol. The Hall–Kier alpha value is -2.05. The van der Waals surface area contributed by atoms with Crippen molar-refractivity contribution in [2.45, 2.75) is 6.54 Å². The maximum absolute atomic E-state index is 12.8. The highest BCUT2D eigenvalue weighted by molar-refractivity contribution is 5.43. The Labute approximate surface area is 90.1 Å². The van der Waals surface area contributed by atoms with Gasteiger partial charge in [0, 0.05) is 11.8 Å². The molecule has 2 aromatic rings. The molecule has 0 amide bonds. The number of rotatable bonds is 3. The molecule has 1 aromatic carbocycles. The van der Waals surface area contributed by atoms with Gasteiger partial charge in [-0.15, -0.1) is 10.2 Å². The molecule has 0 fully saturated rings. The minimum absolute atomic E-state index is 0.261. The Balaban J connectivity index is 2.04. The highest BCUT2D eigenvalue weighted by Crippen LogP contribution is 2.13. The number of nitrogens with zero attached hydrogens (tertiary/aromatic N) is 4. The van der Waals surface area contributed by atoms with Gasteiger partial charge in [0.1, 0.15) is 11.6 Å². The molecule has 0 aliphatic carbocycles. The summed E-state index contributed by atoms with van der Waals surface area (Å²) in [6.45, 7) is 0.261. The first-order valence-corrected chi connectivity index (χ1v) is 4.56. The first kappa shape index (κ1) is 10.5. The van der Waals surface area contributed by atoms with Gasteiger partial charge in [0.25, 0.3) is 0 Å². The van der Waals surface area contributed by atoms with Crippen molar-refractivity contribution in [2.24, 2.45) is 7.05 Å². The van der Waals surface area contributed by atoms with Gasteiger partial charge in [-0.25, -0.2) is 8.78 Å². The summed E-state index contributed by atoms with van der Waals surface area (Å²) in [5.41, 5.74) is 0.338. The van der Waals surface area contributed by atoms with Crippen molar-refractivity contribution < 1.29 is 8.78 Å². The predicted octanol–water partition coefficient (Wildman–Crippen LogP) is 1.10. The molecule has 0 saturated carbocycles. The van der Waals surface area contributed by atoms with Gasteiger partial charge in [-0.05, 0) is 17.3 Å². The Kier molecular flexibility index (Phi) is 2.76. The molecule has 0 unspecified atom stereocenters. The Morgan fingerprint density at radius 2 is 1.94 bits per heavy atom. The van der Waals surface area contributed by atoms with E-state index in [0.717, 1.165) is 6.07 Å². The molecule has 5 nitrogen and oxygen atoms in total. The number of aromatic nitrogens is 4. The zero-order chi connectivity index (χ0) is 11.5. The van der Waals surface area contributed by atoms with Gasteiger partial charge in [-0.2, -0.15) is 4.80 Å². The lowest BCUT2D eigenvalue weighted by Crippen LogP contribution is -2.02. The van der Waals surface area contributed by atoms with Gasteiger partial charge in [-0.3, -0.25) is 0 Å². The van der Waals surface area contributed by atoms with E-state index in [2.05, 4.69) is 20.7 Å². The summed E-state index contributed by atoms with van der Waals surface area (Å²) in [6.07, 6.45) is 0. The van der Waals surface area contributed by atoms with Crippen LogP contribution in [-0.4, -0.2) is 20.2 Å². The lowest BCUT2D eigenvalue weighted by atomic mass is 10.3. The topological polar surface area (TPSA) is 55.6 Å². The van der Waals surface area contributed by atoms with E-state index in [1.807, 2.05) is 0 Å². The summed E-state index contributed by atoms with van der Waals surface area (Å²) in [5, 5.41) is 14.1. The number of hydrogen-bond acceptors (Lipinski definition) is 4. The van der Waals surface area contributed by atoms with Gasteiger partial charge < -0.3 is 5.32 Å². The van der Waals surface area contributed by atoms with E-state index >= 15 is 0 Å². The van der Waals surface area contributed by atoms with Gasteiger partial charge in [0.15, 0.2) is 5.82 Å². The second kappa shape index (κ2) is 4.21. The maximum Gasteiger partial charge on any atom is 0.193 e. The molecule has 7 heteroatoms. The summed E-state index contributed by atoms with van der Waals surface area (Å²) in [6, 6.07) is 3.20. The largest absolute Gasteiger partial charge is 0.377 e. The molecule has 84 valence electrons. The van der Waals surface area contributed by atoms with Crippen molar-refractivity contribution in [2.75, 3.05) is 5.32 Å². The molecule has 1 aromatic heterocycles. The Bertz CT molecular complexity index is 476. The van der Waals surface area contributed by atoms with Gasteiger partial charge >= 0.3 is 0 Å². The molecular weight excluding hydrogens is 216 g/mol. The highest BCUT2D eigenvalue weighted by atomic mass is 19.1. The summed E-state index contributed by atoms with van der Waals surface area (Å²) >= 11 is 0. The molecule has 0 atom stereocenters. The third-order valence-corrected chi connectivity index (χ3v) is 1.86. The van der Waals surface area contributed by atoms with Crippen molar-refractivity contribution in [3.05, 3.63) is 35.7 Å². The maximum atomic E-state index is 12.8. The number of aryl methyl sites for hydroxylation is 1. The number of nitrogens with one attached hydrogen (secondary N) is 1. The number of benzene rings is 1. The van der Waals surface area contributed by atoms with Crippen LogP contribution >= 0.6 is 0 Å². The number of hydrogen-bond donors (Lipinski definition) is 1. The molecular formula is C9H9F2N5. The van der Waals surface area contributed by atoms with Crippen LogP contribution in [0.15, 0.2) is 18.2 Å². The summed E-state index contributed by atoms with van der Waals surface area (Å²) in [4.78, 5) is 1.31. The lowest BCUT2D eigenvalue weighted by molar-refractivity contribution is 0.584. The minimum atomic E-state index is -0.630. The van der Waals surface area contributed by atoms with E-state index in [1.54, 1.807) is 7.05 Å². The van der Waals surface area contributed by atoms with E-state index in [0.29, 0.717) is 11.5 Å². The van der Waals surface area contributed by atoms with Gasteiger partial charge in [-0.1, -0.05) is 0 Å². The first-order valence-electron chi connectivity index (χ1n) is 4.56. The van der Waals surface area contributed by atoms with Crippen LogP contribution in [0.2, 0.25) is 0 Å². The van der Waals surface area contributed by atoms with Gasteiger partial charge in [0.05, 0.1) is 13.6 Å². The van der Waals surface area contributed by atoms with E-state index in [4.69, 9.17) is 0 Å². The van der Waals surface area contributed by atoms with Crippen molar-refractivity contribution >= 4 is 5.69 Å². The Morgan fingerprint density at radius 3 is 2.50 bits per heavy atom. The number of halogens is 2. The highest BCUT2D eigenvalue weighted by Gasteiger charge is 2.02. The number of anilines is 1. The molecule has 16 heavy (non-hydrogen) atoms. The SMILES string of the molecule is Cn1nnc(CNc2cc(F)cc(F)c2)n1. The smallest absolute Gasteiger partial charge is 0.193 e. The molecule has 0 aliphatic heterocycles. The van der Waals surface area contributed by atoms with Crippen molar-refractivity contribution in [1.82, 2.24) is 20.2 Å². The van der Waals surface area contributed by atoms with E-state index in [-0.39, 0.29) is 6.54 Å². The molecule has 0 radical (unpaired) electrons. The molecule has 0 bridgehead atoms. The fourth-order valence-corrected chi connectivity index (χ4v) is 1.23. The lowest BCUT2D eigenvalue weighted by Gasteiger charge is -2.03. The molecule has 2 rings (SSSR count). The fraction of sp³-hybridized carbons (Fsp3) is 0.222. The van der Waals surface area contributed by atoms with Crippen LogP contribution in [0.5, 0.6) is 0 Å². The number of tetrazole rings is 1. The van der Waals surface area contributed by atoms with Crippen LogP contribution in [0.25, 0.3) is 0 Å². The molecule has 1 heterocycles. The second-order valence-corrected chi connectivity index (χ2v) is 3.21. The summed E-state index contributed by atoms with van der Waals surface area (Å²) in [5.74, 6) is -0.809. The third kappa shape index (κ3) is 2.50. The third-order valence-electron chi connectivity index (χ3n) is 1.86. The van der Waals surface area contributed by atoms with Crippen LogP contribution in [-0.2, 0) is 13.6 Å². The standard InChI is InChI=1S/C9H9F2N5/c1-16-14-9(13-15-16)5-12-8-3-6(10)2-7(11)4-8/h2-4,12H,5H2,1H3. The van der Waals surface area contributed by atoms with Crippen molar-refractivity contribution in [1.29, 1.82) is 0 Å². The summed E-state index contributed by atoms with van der Waals surface area (Å²) in [7, 11) is 1.64. The predicted molar refractivity (Wildman–Crippen MR) is 52.5 cm³/mol. The molecule has 0 aliphatic rings. The quantitative estimate of drug-likeness (QED) is 0.849. The van der Waals surface area contributed by atoms with Crippen LogP contribution in [0.1, 0.15) is 5.82 Å². The first-order chi connectivity index (χ1) is 7.63. The van der Waals surface area contributed by atoms with Crippen LogP contribution < -0.4 is 5.32 Å².